The van der Waals surface area contributed by atoms with Gasteiger partial charge in [0.15, 0.2) is 16.6 Å². The fourth-order valence-corrected chi connectivity index (χ4v) is 4.12. The summed E-state index contributed by atoms with van der Waals surface area (Å²) in [5.74, 6) is 0.989. The Balaban J connectivity index is 1.28. The molecule has 1 aliphatic carbocycles. The zero-order valence-corrected chi connectivity index (χ0v) is 15.1. The van der Waals surface area contributed by atoms with Gasteiger partial charge in [-0.1, -0.05) is 16.5 Å². The van der Waals surface area contributed by atoms with E-state index in [1.807, 2.05) is 0 Å². The van der Waals surface area contributed by atoms with Gasteiger partial charge in [-0.05, 0) is 25.0 Å². The van der Waals surface area contributed by atoms with Gasteiger partial charge in [0.05, 0.1) is 18.5 Å². The first-order chi connectivity index (χ1) is 13.2. The predicted octanol–water partition coefficient (Wildman–Crippen LogP) is 3.05. The van der Waals surface area contributed by atoms with E-state index in [4.69, 9.17) is 8.94 Å². The van der Waals surface area contributed by atoms with E-state index >= 15 is 0 Å². The van der Waals surface area contributed by atoms with Crippen molar-refractivity contribution in [2.45, 2.75) is 31.7 Å². The third-order valence-corrected chi connectivity index (χ3v) is 5.71. The van der Waals surface area contributed by atoms with Crippen molar-refractivity contribution in [1.29, 1.82) is 0 Å². The third-order valence-electron chi connectivity index (χ3n) is 4.71. The smallest absolute Gasteiger partial charge is 0.293 e. The Labute approximate surface area is 158 Å². The van der Waals surface area contributed by atoms with Gasteiger partial charge in [-0.15, -0.1) is 0 Å². The number of nitrogens with zero attached hydrogens (tertiary/aromatic N) is 3. The van der Waals surface area contributed by atoms with Crippen molar-refractivity contribution in [3.8, 4) is 0 Å². The Morgan fingerprint density at radius 1 is 1.33 bits per heavy atom. The molecule has 3 aromatic heterocycles. The first kappa shape index (κ1) is 16.2. The molecule has 0 saturated heterocycles. The molecular weight excluding hydrogens is 368 g/mol. The van der Waals surface area contributed by atoms with Gasteiger partial charge in [0.1, 0.15) is 5.76 Å². The van der Waals surface area contributed by atoms with E-state index < -0.39 is 0 Å². The van der Waals surface area contributed by atoms with Gasteiger partial charge in [0.25, 0.3) is 11.8 Å². The summed E-state index contributed by atoms with van der Waals surface area (Å²) in [7, 11) is 0. The molecule has 1 aliphatic heterocycles. The molecule has 1 saturated carbocycles. The van der Waals surface area contributed by atoms with Crippen LogP contribution in [0.1, 0.15) is 56.1 Å². The third kappa shape index (κ3) is 3.14. The minimum atomic E-state index is -0.339. The van der Waals surface area contributed by atoms with E-state index in [0.29, 0.717) is 36.3 Å². The largest absolute Gasteiger partial charge is 0.459 e. The van der Waals surface area contributed by atoms with Crippen molar-refractivity contribution in [2.75, 3.05) is 11.9 Å². The van der Waals surface area contributed by atoms with Crippen LogP contribution in [0.2, 0.25) is 0 Å². The Hall–Kier alpha value is -2.94. The van der Waals surface area contributed by atoms with Crippen molar-refractivity contribution in [3.63, 3.8) is 0 Å². The average Bonchev–Trinajstić information content (AvgIpc) is 3.09. The summed E-state index contributed by atoms with van der Waals surface area (Å²) in [6.45, 7) is 1.01. The van der Waals surface area contributed by atoms with Gasteiger partial charge in [-0.3, -0.25) is 14.9 Å². The molecule has 3 aromatic rings. The number of carbonyl (C=O) groups excluding carboxylic acids is 2. The summed E-state index contributed by atoms with van der Waals surface area (Å²) < 4.78 is 10.4. The van der Waals surface area contributed by atoms with E-state index in [-0.39, 0.29) is 17.6 Å². The Kier molecular flexibility index (Phi) is 3.82. The molecule has 0 unspecified atom stereocenters. The van der Waals surface area contributed by atoms with Crippen LogP contribution in [0.5, 0.6) is 0 Å². The number of fused-ring (bicyclic) bond motifs is 1. The second-order valence-electron chi connectivity index (χ2n) is 6.69. The van der Waals surface area contributed by atoms with Crippen molar-refractivity contribution >= 4 is 28.3 Å². The zero-order valence-electron chi connectivity index (χ0n) is 14.3. The molecule has 0 radical (unpaired) electrons. The van der Waals surface area contributed by atoms with Crippen LogP contribution >= 0.6 is 11.3 Å². The van der Waals surface area contributed by atoms with Gasteiger partial charge < -0.3 is 13.8 Å². The van der Waals surface area contributed by atoms with Crippen molar-refractivity contribution in [2.24, 2.45) is 0 Å². The monoisotopic (exact) mass is 384 g/mol. The second-order valence-corrected chi connectivity index (χ2v) is 7.77. The summed E-state index contributed by atoms with van der Waals surface area (Å²) in [5, 5.41) is 7.19. The van der Waals surface area contributed by atoms with Gasteiger partial charge in [0, 0.05) is 29.8 Å². The molecule has 1 fully saturated rings. The van der Waals surface area contributed by atoms with Crippen LogP contribution < -0.4 is 5.32 Å². The molecule has 2 amide bonds. The van der Waals surface area contributed by atoms with E-state index in [2.05, 4.69) is 15.5 Å². The van der Waals surface area contributed by atoms with Crippen LogP contribution in [0, 0.1) is 0 Å². The zero-order chi connectivity index (χ0) is 18.4. The maximum Gasteiger partial charge on any atom is 0.293 e. The summed E-state index contributed by atoms with van der Waals surface area (Å²) in [6, 6.07) is 5.01. The molecule has 0 aromatic carbocycles. The second kappa shape index (κ2) is 6.34. The number of hydrogen-bond donors (Lipinski definition) is 1. The Morgan fingerprint density at radius 3 is 3.00 bits per heavy atom. The van der Waals surface area contributed by atoms with Crippen LogP contribution in [0.4, 0.5) is 5.13 Å². The van der Waals surface area contributed by atoms with E-state index in [9.17, 15) is 9.59 Å². The summed E-state index contributed by atoms with van der Waals surface area (Å²) in [6.07, 6.45) is 4.29. The molecular formula is C18H16N4O4S. The molecule has 4 heterocycles. The number of rotatable bonds is 4. The lowest BCUT2D eigenvalue weighted by molar-refractivity contribution is 0.0725. The Morgan fingerprint density at radius 2 is 2.22 bits per heavy atom. The SMILES string of the molecule is O=C(Nc1nc2c(s1)CN(C(=O)c1cc(C3CC3)on1)CC2)c1ccco1. The highest BCUT2D eigenvalue weighted by Crippen LogP contribution is 2.40. The molecule has 0 spiro atoms. The quantitative estimate of drug-likeness (QED) is 0.742. The minimum Gasteiger partial charge on any atom is -0.459 e. The molecule has 9 heteroatoms. The number of thiazole rings is 1. The van der Waals surface area contributed by atoms with E-state index in [0.717, 1.165) is 29.2 Å². The topological polar surface area (TPSA) is 101 Å². The van der Waals surface area contributed by atoms with Crippen LogP contribution in [-0.4, -0.2) is 33.4 Å². The highest BCUT2D eigenvalue weighted by Gasteiger charge is 2.31. The molecule has 2 aliphatic rings. The number of hydrogen-bond acceptors (Lipinski definition) is 7. The van der Waals surface area contributed by atoms with E-state index in [1.54, 1.807) is 23.1 Å². The predicted molar refractivity (Wildman–Crippen MR) is 95.7 cm³/mol. The van der Waals surface area contributed by atoms with E-state index in [1.165, 1.54) is 17.6 Å². The highest BCUT2D eigenvalue weighted by atomic mass is 32.1. The van der Waals surface area contributed by atoms with Crippen LogP contribution in [0.15, 0.2) is 33.4 Å². The normalized spacial score (nSPS) is 16.2. The van der Waals surface area contributed by atoms with Crippen LogP contribution in [-0.2, 0) is 13.0 Å². The van der Waals surface area contributed by atoms with Gasteiger partial charge >= 0.3 is 0 Å². The number of nitrogens with one attached hydrogen (secondary N) is 1. The van der Waals surface area contributed by atoms with Crippen LogP contribution in [0.3, 0.4) is 0 Å². The molecule has 0 atom stereocenters. The fraction of sp³-hybridized carbons (Fsp3) is 0.333. The lowest BCUT2D eigenvalue weighted by Crippen LogP contribution is -2.35. The number of aromatic nitrogens is 2. The van der Waals surface area contributed by atoms with Crippen molar-refractivity contribution < 1.29 is 18.5 Å². The summed E-state index contributed by atoms with van der Waals surface area (Å²) in [5.41, 5.74) is 1.27. The standard InChI is InChI=1S/C18H16N4O4S/c23-16(13-2-1-7-25-13)20-18-19-11-5-6-22(9-15(11)27-18)17(24)12-8-14(26-21-12)10-3-4-10/h1-2,7-8,10H,3-6,9H2,(H,19,20,23). The number of carbonyl (C=O) groups is 2. The number of anilines is 1. The molecule has 0 bridgehead atoms. The molecule has 1 N–H and O–H groups in total. The lowest BCUT2D eigenvalue weighted by atomic mass is 10.1. The molecule has 27 heavy (non-hydrogen) atoms. The highest BCUT2D eigenvalue weighted by molar-refractivity contribution is 7.15. The summed E-state index contributed by atoms with van der Waals surface area (Å²) >= 11 is 1.37. The first-order valence-electron chi connectivity index (χ1n) is 8.76. The lowest BCUT2D eigenvalue weighted by Gasteiger charge is -2.25. The van der Waals surface area contributed by atoms with Crippen molar-refractivity contribution in [3.05, 3.63) is 52.2 Å². The van der Waals surface area contributed by atoms with Gasteiger partial charge in [0.2, 0.25) is 0 Å². The minimum absolute atomic E-state index is 0.133. The van der Waals surface area contributed by atoms with Gasteiger partial charge in [-0.2, -0.15) is 0 Å². The summed E-state index contributed by atoms with van der Waals surface area (Å²) in [4.78, 5) is 32.0. The average molecular weight is 384 g/mol. The first-order valence-corrected chi connectivity index (χ1v) is 9.58. The fourth-order valence-electron chi connectivity index (χ4n) is 3.10. The number of amides is 2. The van der Waals surface area contributed by atoms with Gasteiger partial charge in [-0.25, -0.2) is 4.98 Å². The van der Waals surface area contributed by atoms with Crippen molar-refractivity contribution in [1.82, 2.24) is 15.0 Å². The Bertz CT molecular complexity index is 1000. The maximum absolute atomic E-state index is 12.7. The maximum atomic E-state index is 12.7. The molecule has 8 nitrogen and oxygen atoms in total. The molecule has 138 valence electrons. The number of furan rings is 1. The molecule has 5 rings (SSSR count). The van der Waals surface area contributed by atoms with Crippen LogP contribution in [0.25, 0.3) is 0 Å².